The second-order valence-electron chi connectivity index (χ2n) is 14.0. The van der Waals surface area contributed by atoms with Gasteiger partial charge in [0.05, 0.1) is 6.61 Å². The molecule has 236 valence electrons. The average Bonchev–Trinajstić information content (AvgIpc) is 2.90. The Kier molecular flexibility index (Phi) is 10.9. The van der Waals surface area contributed by atoms with Crippen LogP contribution in [0.5, 0.6) is 23.0 Å². The minimum atomic E-state index is -0.221. The number of aromatic hydroxyl groups is 3. The van der Waals surface area contributed by atoms with Gasteiger partial charge in [-0.15, -0.1) is 0 Å². The van der Waals surface area contributed by atoms with Crippen molar-refractivity contribution < 1.29 is 20.1 Å². The van der Waals surface area contributed by atoms with Crippen LogP contribution in [-0.4, -0.2) is 21.9 Å². The first-order valence-electron chi connectivity index (χ1n) is 16.3. The van der Waals surface area contributed by atoms with E-state index in [0.717, 1.165) is 50.1 Å². The first-order valence-corrected chi connectivity index (χ1v) is 16.3. The summed E-state index contributed by atoms with van der Waals surface area (Å²) in [6.45, 7) is 28.4. The standard InChI is InChI=1S/C39H56O4/c1-14-43-32-17-26(15-16-31(32)40)37(29-18-27(20(2)3)38(41)35(24(10)11)33(29)22(6)7)30-19-28(21(4)5)39(42)36(25(12)13)34(30)23(8)9/h15-25,37,40-42H,14H2,1-13H3. The molecular formula is C39H56O4. The first kappa shape index (κ1) is 34.4. The minimum absolute atomic E-state index is 0.116. The molecule has 0 amide bonds. The fourth-order valence-corrected chi connectivity index (χ4v) is 6.83. The maximum Gasteiger partial charge on any atom is 0.161 e. The van der Waals surface area contributed by atoms with Crippen LogP contribution in [0.3, 0.4) is 0 Å². The molecule has 0 fully saturated rings. The Morgan fingerprint density at radius 3 is 1.23 bits per heavy atom. The molecule has 0 aliphatic heterocycles. The molecule has 0 unspecified atom stereocenters. The summed E-state index contributed by atoms with van der Waals surface area (Å²) >= 11 is 0. The molecule has 3 N–H and O–H groups in total. The third-order valence-electron chi connectivity index (χ3n) is 8.67. The van der Waals surface area contributed by atoms with Crippen LogP contribution in [0.25, 0.3) is 0 Å². The van der Waals surface area contributed by atoms with Gasteiger partial charge in [0.2, 0.25) is 0 Å². The number of rotatable bonds is 11. The summed E-state index contributed by atoms with van der Waals surface area (Å²) in [5, 5.41) is 34.1. The Morgan fingerprint density at radius 2 is 0.907 bits per heavy atom. The van der Waals surface area contributed by atoms with Crippen LogP contribution < -0.4 is 4.74 Å². The molecule has 0 saturated heterocycles. The van der Waals surface area contributed by atoms with Crippen molar-refractivity contribution in [3.05, 3.63) is 80.4 Å². The zero-order valence-corrected chi connectivity index (χ0v) is 28.9. The predicted molar refractivity (Wildman–Crippen MR) is 181 cm³/mol. The molecule has 3 rings (SSSR count). The summed E-state index contributed by atoms with van der Waals surface area (Å²) in [7, 11) is 0. The van der Waals surface area contributed by atoms with E-state index in [1.165, 1.54) is 0 Å². The number of hydrogen-bond acceptors (Lipinski definition) is 4. The second kappa shape index (κ2) is 13.7. The van der Waals surface area contributed by atoms with Crippen molar-refractivity contribution in [3.8, 4) is 23.0 Å². The van der Waals surface area contributed by atoms with E-state index in [0.29, 0.717) is 23.9 Å². The van der Waals surface area contributed by atoms with E-state index in [1.54, 1.807) is 6.07 Å². The molecule has 43 heavy (non-hydrogen) atoms. The van der Waals surface area contributed by atoms with Crippen LogP contribution in [-0.2, 0) is 0 Å². The van der Waals surface area contributed by atoms with E-state index in [9.17, 15) is 15.3 Å². The molecule has 0 bridgehead atoms. The first-order chi connectivity index (χ1) is 20.0. The van der Waals surface area contributed by atoms with Crippen molar-refractivity contribution in [1.29, 1.82) is 0 Å². The molecule has 0 saturated carbocycles. The summed E-state index contributed by atoms with van der Waals surface area (Å²) in [6.07, 6.45) is 0. The van der Waals surface area contributed by atoms with E-state index >= 15 is 0 Å². The van der Waals surface area contributed by atoms with Crippen molar-refractivity contribution in [2.24, 2.45) is 0 Å². The molecule has 0 spiro atoms. The van der Waals surface area contributed by atoms with Gasteiger partial charge in [-0.05, 0) is 93.5 Å². The number of benzene rings is 3. The fourth-order valence-electron chi connectivity index (χ4n) is 6.83. The topological polar surface area (TPSA) is 69.9 Å². The largest absolute Gasteiger partial charge is 0.507 e. The molecule has 0 aliphatic carbocycles. The lowest BCUT2D eigenvalue weighted by Gasteiger charge is -2.33. The van der Waals surface area contributed by atoms with Crippen LogP contribution in [0.4, 0.5) is 0 Å². The van der Waals surface area contributed by atoms with Gasteiger partial charge in [-0.3, -0.25) is 0 Å². The van der Waals surface area contributed by atoms with Crippen molar-refractivity contribution in [2.45, 2.75) is 131 Å². The van der Waals surface area contributed by atoms with Crippen molar-refractivity contribution >= 4 is 0 Å². The minimum Gasteiger partial charge on any atom is -0.507 e. The van der Waals surface area contributed by atoms with E-state index in [1.807, 2.05) is 19.1 Å². The van der Waals surface area contributed by atoms with Crippen LogP contribution in [0.1, 0.15) is 182 Å². The molecule has 0 aromatic heterocycles. The summed E-state index contributed by atoms with van der Waals surface area (Å²) < 4.78 is 5.91. The van der Waals surface area contributed by atoms with Gasteiger partial charge < -0.3 is 20.1 Å². The van der Waals surface area contributed by atoms with Crippen molar-refractivity contribution in [1.82, 2.24) is 0 Å². The molecule has 4 heteroatoms. The van der Waals surface area contributed by atoms with Crippen LogP contribution >= 0.6 is 0 Å². The molecule has 3 aromatic carbocycles. The highest BCUT2D eigenvalue weighted by atomic mass is 16.5. The summed E-state index contributed by atoms with van der Waals surface area (Å²) in [5.74, 6) is 1.95. The molecular weight excluding hydrogens is 532 g/mol. The van der Waals surface area contributed by atoms with Gasteiger partial charge in [0.15, 0.2) is 11.5 Å². The Hall–Kier alpha value is -3.14. The summed E-state index contributed by atoms with van der Waals surface area (Å²) in [6, 6.07) is 10.2. The van der Waals surface area contributed by atoms with E-state index in [4.69, 9.17) is 4.74 Å². The third-order valence-corrected chi connectivity index (χ3v) is 8.67. The Labute approximate surface area is 261 Å². The highest BCUT2D eigenvalue weighted by Crippen LogP contribution is 2.51. The number of ether oxygens (including phenoxy) is 1. The van der Waals surface area contributed by atoms with E-state index in [-0.39, 0.29) is 47.2 Å². The van der Waals surface area contributed by atoms with Crippen molar-refractivity contribution in [3.63, 3.8) is 0 Å². The van der Waals surface area contributed by atoms with Crippen LogP contribution in [0.2, 0.25) is 0 Å². The SMILES string of the molecule is CCOc1cc(C(c2cc(C(C)C)c(O)c(C(C)C)c2C(C)C)c2cc(C(C)C)c(O)c(C(C)C)c2C(C)C)ccc1O. The predicted octanol–water partition coefficient (Wildman–Crippen LogP) is 11.1. The van der Waals surface area contributed by atoms with Gasteiger partial charge in [-0.25, -0.2) is 0 Å². The smallest absolute Gasteiger partial charge is 0.161 e. The summed E-state index contributed by atoms with van der Waals surface area (Å²) in [5.41, 5.74) is 9.53. The average molecular weight is 589 g/mol. The molecule has 4 nitrogen and oxygen atoms in total. The molecule has 0 atom stereocenters. The van der Waals surface area contributed by atoms with Gasteiger partial charge in [-0.1, -0.05) is 101 Å². The van der Waals surface area contributed by atoms with Gasteiger partial charge in [0.25, 0.3) is 0 Å². The normalized spacial score (nSPS) is 12.3. The number of phenolic OH excluding ortho intramolecular Hbond substituents is 3. The molecule has 3 aromatic rings. The number of hydrogen-bond donors (Lipinski definition) is 3. The maximum absolute atomic E-state index is 11.7. The van der Waals surface area contributed by atoms with E-state index in [2.05, 4.69) is 95.2 Å². The van der Waals surface area contributed by atoms with Gasteiger partial charge in [-0.2, -0.15) is 0 Å². The van der Waals surface area contributed by atoms with E-state index < -0.39 is 0 Å². The zero-order valence-electron chi connectivity index (χ0n) is 28.9. The number of phenols is 3. The summed E-state index contributed by atoms with van der Waals surface area (Å²) in [4.78, 5) is 0. The molecule has 0 radical (unpaired) electrons. The Balaban J connectivity index is 2.71. The van der Waals surface area contributed by atoms with Gasteiger partial charge in [0.1, 0.15) is 11.5 Å². The third kappa shape index (κ3) is 6.69. The van der Waals surface area contributed by atoms with Crippen molar-refractivity contribution in [2.75, 3.05) is 6.61 Å². The van der Waals surface area contributed by atoms with Crippen LogP contribution in [0, 0.1) is 0 Å². The Bertz CT molecular complexity index is 1340. The van der Waals surface area contributed by atoms with Gasteiger partial charge in [0, 0.05) is 17.0 Å². The lowest BCUT2D eigenvalue weighted by molar-refractivity contribution is 0.317. The van der Waals surface area contributed by atoms with Gasteiger partial charge >= 0.3 is 0 Å². The lowest BCUT2D eigenvalue weighted by atomic mass is 9.71. The highest BCUT2D eigenvalue weighted by molar-refractivity contribution is 5.63. The Morgan fingerprint density at radius 1 is 0.512 bits per heavy atom. The van der Waals surface area contributed by atoms with Crippen LogP contribution in [0.15, 0.2) is 30.3 Å². The zero-order chi connectivity index (χ0) is 32.5. The second-order valence-corrected chi connectivity index (χ2v) is 14.0. The molecule has 0 heterocycles. The maximum atomic E-state index is 11.7. The highest BCUT2D eigenvalue weighted by Gasteiger charge is 2.33. The fraction of sp³-hybridized carbons (Fsp3) is 0.538. The molecule has 0 aliphatic rings. The lowest BCUT2D eigenvalue weighted by Crippen LogP contribution is -2.17. The monoisotopic (exact) mass is 588 g/mol. The quantitative estimate of drug-likeness (QED) is 0.195.